The molecule has 4 fully saturated rings. The summed E-state index contributed by atoms with van der Waals surface area (Å²) in [5.74, 6) is 0. The molecule has 4 saturated heterocycles. The van der Waals surface area contributed by atoms with Gasteiger partial charge >= 0.3 is 0 Å². The van der Waals surface area contributed by atoms with Crippen LogP contribution in [-0.2, 0) is 0 Å². The van der Waals surface area contributed by atoms with Gasteiger partial charge in [0.05, 0.1) is 12.2 Å². The predicted molar refractivity (Wildman–Crippen MR) is 70.4 cm³/mol. The lowest BCUT2D eigenvalue weighted by atomic mass is 10.1. The summed E-state index contributed by atoms with van der Waals surface area (Å²) in [5, 5.41) is 18.7. The van der Waals surface area contributed by atoms with E-state index in [4.69, 9.17) is 0 Å². The standard InChI is InChI=1S/2C7H13NO/c2*9-7-3-5-8-4-1-2-6(7)8/h2*6-7,9H,1-5H2/t2*6-,7+/m10/s1. The number of aliphatic hydroxyl groups excluding tert-OH is 2. The summed E-state index contributed by atoms with van der Waals surface area (Å²) >= 11 is 0. The lowest BCUT2D eigenvalue weighted by molar-refractivity contribution is 0.136. The fourth-order valence-corrected chi connectivity index (χ4v) is 4.11. The van der Waals surface area contributed by atoms with Crippen LogP contribution < -0.4 is 0 Å². The second-order valence-electron chi connectivity index (χ2n) is 6.20. The summed E-state index contributed by atoms with van der Waals surface area (Å²) in [7, 11) is 0. The molecule has 4 rings (SSSR count). The molecule has 4 atom stereocenters. The molecule has 0 bridgehead atoms. The van der Waals surface area contributed by atoms with E-state index in [1.54, 1.807) is 0 Å². The fraction of sp³-hybridized carbons (Fsp3) is 1.00. The van der Waals surface area contributed by atoms with Gasteiger partial charge < -0.3 is 10.2 Å². The van der Waals surface area contributed by atoms with Crippen molar-refractivity contribution in [3.63, 3.8) is 0 Å². The van der Waals surface area contributed by atoms with E-state index in [1.807, 2.05) is 0 Å². The Kier molecular flexibility index (Phi) is 3.89. The average molecular weight is 254 g/mol. The average Bonchev–Trinajstić information content (AvgIpc) is 3.06. The van der Waals surface area contributed by atoms with Crippen molar-refractivity contribution in [1.82, 2.24) is 9.80 Å². The zero-order valence-electron chi connectivity index (χ0n) is 11.2. The minimum atomic E-state index is -0.00694. The van der Waals surface area contributed by atoms with Crippen molar-refractivity contribution in [1.29, 1.82) is 0 Å². The topological polar surface area (TPSA) is 46.9 Å². The first kappa shape index (κ1) is 12.9. The number of rotatable bonds is 0. The van der Waals surface area contributed by atoms with Gasteiger partial charge in [-0.25, -0.2) is 0 Å². The molecule has 104 valence electrons. The fourth-order valence-electron chi connectivity index (χ4n) is 4.11. The summed E-state index contributed by atoms with van der Waals surface area (Å²) in [6.07, 6.45) is 7.03. The molecule has 4 heteroatoms. The Morgan fingerprint density at radius 3 is 1.44 bits per heavy atom. The Morgan fingerprint density at radius 1 is 0.611 bits per heavy atom. The molecule has 0 amide bonds. The highest BCUT2D eigenvalue weighted by molar-refractivity contribution is 4.91. The van der Waals surface area contributed by atoms with Crippen molar-refractivity contribution in [3.05, 3.63) is 0 Å². The summed E-state index contributed by atoms with van der Waals surface area (Å²) < 4.78 is 0. The second-order valence-corrected chi connectivity index (χ2v) is 6.20. The molecule has 0 aliphatic carbocycles. The molecule has 0 saturated carbocycles. The number of nitrogens with zero attached hydrogens (tertiary/aromatic N) is 2. The van der Waals surface area contributed by atoms with Gasteiger partial charge in [0.25, 0.3) is 0 Å². The molecule has 0 aromatic rings. The van der Waals surface area contributed by atoms with Crippen molar-refractivity contribution in [2.75, 3.05) is 26.2 Å². The lowest BCUT2D eigenvalue weighted by Gasteiger charge is -2.15. The number of aliphatic hydroxyl groups is 2. The molecule has 0 aromatic carbocycles. The van der Waals surface area contributed by atoms with Crippen molar-refractivity contribution < 1.29 is 10.2 Å². The minimum Gasteiger partial charge on any atom is -0.391 e. The molecule has 0 spiro atoms. The highest BCUT2D eigenvalue weighted by atomic mass is 16.3. The van der Waals surface area contributed by atoms with Crippen LogP contribution >= 0.6 is 0 Å². The van der Waals surface area contributed by atoms with E-state index < -0.39 is 0 Å². The molecule has 18 heavy (non-hydrogen) atoms. The van der Waals surface area contributed by atoms with Crippen LogP contribution in [-0.4, -0.2) is 70.5 Å². The molecule has 0 aromatic heterocycles. The third-order valence-electron chi connectivity index (χ3n) is 5.14. The summed E-state index contributed by atoms with van der Waals surface area (Å²) in [5.41, 5.74) is 0. The van der Waals surface area contributed by atoms with Crippen LogP contribution in [0.4, 0.5) is 0 Å². The molecule has 4 heterocycles. The molecule has 4 aliphatic heterocycles. The summed E-state index contributed by atoms with van der Waals surface area (Å²) in [6.45, 7) is 4.71. The van der Waals surface area contributed by atoms with E-state index in [9.17, 15) is 10.2 Å². The van der Waals surface area contributed by atoms with Gasteiger partial charge in [0, 0.05) is 25.2 Å². The van der Waals surface area contributed by atoms with Gasteiger partial charge in [0.15, 0.2) is 0 Å². The third-order valence-corrected chi connectivity index (χ3v) is 5.14. The van der Waals surface area contributed by atoms with Crippen LogP contribution in [0.3, 0.4) is 0 Å². The molecule has 0 radical (unpaired) electrons. The minimum absolute atomic E-state index is 0.00694. The van der Waals surface area contributed by atoms with Crippen LogP contribution in [0, 0.1) is 0 Å². The smallest absolute Gasteiger partial charge is 0.0707 e. The first-order valence-electron chi connectivity index (χ1n) is 7.60. The van der Waals surface area contributed by atoms with E-state index in [1.165, 1.54) is 38.8 Å². The Balaban J connectivity index is 0.000000111. The molecular weight excluding hydrogens is 228 g/mol. The molecular formula is C14H26N2O2. The first-order chi connectivity index (χ1) is 8.75. The largest absolute Gasteiger partial charge is 0.391 e. The van der Waals surface area contributed by atoms with Gasteiger partial charge in [-0.15, -0.1) is 0 Å². The van der Waals surface area contributed by atoms with Crippen LogP contribution in [0.5, 0.6) is 0 Å². The zero-order chi connectivity index (χ0) is 12.5. The Hall–Kier alpha value is -0.160. The van der Waals surface area contributed by atoms with E-state index in [2.05, 4.69) is 9.80 Å². The van der Waals surface area contributed by atoms with E-state index in [0.29, 0.717) is 12.1 Å². The number of fused-ring (bicyclic) bond motifs is 2. The van der Waals surface area contributed by atoms with Crippen molar-refractivity contribution in [2.24, 2.45) is 0 Å². The molecule has 4 aliphatic rings. The van der Waals surface area contributed by atoms with Gasteiger partial charge in [0.1, 0.15) is 0 Å². The normalized spacial score (nSPS) is 43.7. The Bertz CT molecular complexity index is 259. The maximum absolute atomic E-state index is 9.36. The monoisotopic (exact) mass is 254 g/mol. The van der Waals surface area contributed by atoms with Crippen molar-refractivity contribution in [2.45, 2.75) is 62.8 Å². The zero-order valence-corrected chi connectivity index (χ0v) is 11.2. The number of hydrogen-bond acceptors (Lipinski definition) is 4. The van der Waals surface area contributed by atoms with Gasteiger partial charge in [-0.2, -0.15) is 0 Å². The Morgan fingerprint density at radius 2 is 1.06 bits per heavy atom. The maximum Gasteiger partial charge on any atom is 0.0707 e. The van der Waals surface area contributed by atoms with Gasteiger partial charge in [0.2, 0.25) is 0 Å². The molecule has 0 unspecified atom stereocenters. The van der Waals surface area contributed by atoms with Crippen LogP contribution in [0.15, 0.2) is 0 Å². The van der Waals surface area contributed by atoms with Crippen molar-refractivity contribution >= 4 is 0 Å². The lowest BCUT2D eigenvalue weighted by Crippen LogP contribution is -2.28. The summed E-state index contributed by atoms with van der Waals surface area (Å²) in [4.78, 5) is 4.81. The maximum atomic E-state index is 9.36. The SMILES string of the molecule is O[C@@H]1CCN2CCC[C@@H]12.O[C@H]1CCN2CCC[C@H]12. The van der Waals surface area contributed by atoms with Gasteiger partial charge in [-0.05, 0) is 51.6 Å². The van der Waals surface area contributed by atoms with Crippen LogP contribution in [0.2, 0.25) is 0 Å². The highest BCUT2D eigenvalue weighted by Crippen LogP contribution is 2.28. The third kappa shape index (κ3) is 2.44. The van der Waals surface area contributed by atoms with E-state index in [-0.39, 0.29) is 12.2 Å². The van der Waals surface area contributed by atoms with Crippen molar-refractivity contribution in [3.8, 4) is 0 Å². The van der Waals surface area contributed by atoms with Gasteiger partial charge in [-0.3, -0.25) is 9.80 Å². The van der Waals surface area contributed by atoms with E-state index >= 15 is 0 Å². The second kappa shape index (κ2) is 5.45. The Labute approximate surface area is 110 Å². The molecule has 2 N–H and O–H groups in total. The van der Waals surface area contributed by atoms with Crippen LogP contribution in [0.25, 0.3) is 0 Å². The predicted octanol–water partition coefficient (Wildman–Crippen LogP) is 0.431. The number of hydrogen-bond donors (Lipinski definition) is 2. The highest BCUT2D eigenvalue weighted by Gasteiger charge is 2.36. The van der Waals surface area contributed by atoms with Crippen LogP contribution in [0.1, 0.15) is 38.5 Å². The quantitative estimate of drug-likeness (QED) is 0.658. The molecule has 4 nitrogen and oxygen atoms in total. The van der Waals surface area contributed by atoms with Gasteiger partial charge in [-0.1, -0.05) is 0 Å². The van der Waals surface area contributed by atoms with E-state index in [0.717, 1.165) is 25.9 Å². The first-order valence-corrected chi connectivity index (χ1v) is 7.60. The summed E-state index contributed by atoms with van der Waals surface area (Å²) in [6, 6.07) is 1.06.